The summed E-state index contributed by atoms with van der Waals surface area (Å²) in [6.45, 7) is 2.10. The van der Waals surface area contributed by atoms with Crippen LogP contribution in [0.15, 0.2) is 22.8 Å². The fourth-order valence-corrected chi connectivity index (χ4v) is 5.10. The van der Waals surface area contributed by atoms with Gasteiger partial charge in [0.05, 0.1) is 11.6 Å². The van der Waals surface area contributed by atoms with Gasteiger partial charge in [-0.05, 0) is 31.4 Å². The molecule has 5 nitrogen and oxygen atoms in total. The molecule has 2 fully saturated rings. The van der Waals surface area contributed by atoms with Gasteiger partial charge in [-0.3, -0.25) is 9.59 Å². The minimum Gasteiger partial charge on any atom is -0.459 e. The van der Waals surface area contributed by atoms with E-state index in [0.29, 0.717) is 11.5 Å². The highest BCUT2D eigenvalue weighted by molar-refractivity contribution is 8.00. The van der Waals surface area contributed by atoms with Crippen molar-refractivity contribution in [2.45, 2.75) is 69.3 Å². The Hall–Kier alpha value is -1.43. The summed E-state index contributed by atoms with van der Waals surface area (Å²) in [5.74, 6) is 0.796. The Morgan fingerprint density at radius 2 is 2.12 bits per heavy atom. The van der Waals surface area contributed by atoms with Crippen LogP contribution in [0.2, 0.25) is 0 Å². The Labute approximate surface area is 147 Å². The van der Waals surface area contributed by atoms with Crippen LogP contribution in [0.1, 0.15) is 62.4 Å². The third-order valence-corrected chi connectivity index (χ3v) is 6.20. The lowest BCUT2D eigenvalue weighted by Gasteiger charge is -2.30. The number of rotatable bonds is 5. The van der Waals surface area contributed by atoms with Crippen molar-refractivity contribution in [2.24, 2.45) is 0 Å². The van der Waals surface area contributed by atoms with Crippen LogP contribution >= 0.6 is 11.8 Å². The summed E-state index contributed by atoms with van der Waals surface area (Å²) in [6.07, 6.45) is 9.10. The zero-order chi connectivity index (χ0) is 16.9. The highest BCUT2D eigenvalue weighted by Gasteiger charge is 2.42. The SMILES string of the molecule is CCCC1SCC(C(=O)NC2CCCCC2)N1C(=O)c1ccco1. The highest BCUT2D eigenvalue weighted by Crippen LogP contribution is 2.34. The van der Waals surface area contributed by atoms with E-state index in [9.17, 15) is 9.59 Å². The second kappa shape index (κ2) is 8.10. The molecular weight excluding hydrogens is 324 g/mol. The molecular formula is C18H26N2O3S. The van der Waals surface area contributed by atoms with E-state index in [1.54, 1.807) is 28.8 Å². The van der Waals surface area contributed by atoms with Crippen LogP contribution in [0.5, 0.6) is 0 Å². The second-order valence-corrected chi connectivity index (χ2v) is 7.84. The minimum atomic E-state index is -0.397. The first-order chi connectivity index (χ1) is 11.7. The Morgan fingerprint density at radius 1 is 1.33 bits per heavy atom. The summed E-state index contributed by atoms with van der Waals surface area (Å²) in [4.78, 5) is 27.4. The van der Waals surface area contributed by atoms with Crippen LogP contribution in [0, 0.1) is 0 Å². The lowest BCUT2D eigenvalue weighted by Crippen LogP contribution is -2.52. The largest absolute Gasteiger partial charge is 0.459 e. The first-order valence-electron chi connectivity index (χ1n) is 8.99. The average Bonchev–Trinajstić information content (AvgIpc) is 3.25. The Bertz CT molecular complexity index is 555. The molecule has 0 spiro atoms. The van der Waals surface area contributed by atoms with Crippen molar-refractivity contribution in [1.82, 2.24) is 10.2 Å². The van der Waals surface area contributed by atoms with Crippen LogP contribution < -0.4 is 5.32 Å². The third kappa shape index (κ3) is 3.79. The first kappa shape index (κ1) is 17.4. The van der Waals surface area contributed by atoms with Gasteiger partial charge in [0.25, 0.3) is 5.91 Å². The van der Waals surface area contributed by atoms with E-state index < -0.39 is 6.04 Å². The molecule has 132 valence electrons. The number of hydrogen-bond donors (Lipinski definition) is 1. The van der Waals surface area contributed by atoms with Crippen molar-refractivity contribution in [2.75, 3.05) is 5.75 Å². The predicted octanol–water partition coefficient (Wildman–Crippen LogP) is 3.41. The molecule has 2 unspecified atom stereocenters. The van der Waals surface area contributed by atoms with E-state index in [-0.39, 0.29) is 23.2 Å². The zero-order valence-electron chi connectivity index (χ0n) is 14.2. The number of nitrogens with zero attached hydrogens (tertiary/aromatic N) is 1. The van der Waals surface area contributed by atoms with Crippen molar-refractivity contribution in [3.63, 3.8) is 0 Å². The van der Waals surface area contributed by atoms with Crippen molar-refractivity contribution in [3.8, 4) is 0 Å². The molecule has 1 saturated heterocycles. The van der Waals surface area contributed by atoms with E-state index >= 15 is 0 Å². The molecule has 1 aromatic rings. The molecule has 3 rings (SSSR count). The fourth-order valence-electron chi connectivity index (χ4n) is 3.58. The average molecular weight is 350 g/mol. The maximum atomic E-state index is 12.8. The zero-order valence-corrected chi connectivity index (χ0v) is 15.0. The molecule has 1 aliphatic heterocycles. The van der Waals surface area contributed by atoms with Gasteiger partial charge in [-0.15, -0.1) is 11.8 Å². The molecule has 0 radical (unpaired) electrons. The Morgan fingerprint density at radius 3 is 2.79 bits per heavy atom. The quantitative estimate of drug-likeness (QED) is 0.884. The summed E-state index contributed by atoms with van der Waals surface area (Å²) < 4.78 is 5.28. The van der Waals surface area contributed by atoms with Gasteiger partial charge in [-0.2, -0.15) is 0 Å². The van der Waals surface area contributed by atoms with Gasteiger partial charge in [0.2, 0.25) is 5.91 Å². The molecule has 1 aromatic heterocycles. The van der Waals surface area contributed by atoms with E-state index in [4.69, 9.17) is 4.42 Å². The number of hydrogen-bond acceptors (Lipinski definition) is 4. The Balaban J connectivity index is 1.72. The number of nitrogens with one attached hydrogen (secondary N) is 1. The summed E-state index contributed by atoms with van der Waals surface area (Å²) in [5.41, 5.74) is 0. The van der Waals surface area contributed by atoms with Crippen molar-refractivity contribution >= 4 is 23.6 Å². The molecule has 1 saturated carbocycles. The number of amides is 2. The van der Waals surface area contributed by atoms with Crippen molar-refractivity contribution in [3.05, 3.63) is 24.2 Å². The van der Waals surface area contributed by atoms with Gasteiger partial charge in [0.15, 0.2) is 5.76 Å². The van der Waals surface area contributed by atoms with E-state index in [1.807, 2.05) is 0 Å². The van der Waals surface area contributed by atoms with Gasteiger partial charge in [0.1, 0.15) is 6.04 Å². The molecule has 2 aliphatic rings. The smallest absolute Gasteiger partial charge is 0.291 e. The molecule has 2 heterocycles. The minimum absolute atomic E-state index is 0.00657. The summed E-state index contributed by atoms with van der Waals surface area (Å²) in [7, 11) is 0. The second-order valence-electron chi connectivity index (χ2n) is 6.63. The first-order valence-corrected chi connectivity index (χ1v) is 10.0. The lowest BCUT2D eigenvalue weighted by molar-refractivity contribution is -0.125. The predicted molar refractivity (Wildman–Crippen MR) is 94.8 cm³/mol. The summed E-state index contributed by atoms with van der Waals surface area (Å²) in [6, 6.07) is 3.25. The maximum absolute atomic E-state index is 12.8. The summed E-state index contributed by atoms with van der Waals surface area (Å²) >= 11 is 1.70. The highest BCUT2D eigenvalue weighted by atomic mass is 32.2. The van der Waals surface area contributed by atoms with Crippen molar-refractivity contribution in [1.29, 1.82) is 0 Å². The molecule has 1 aliphatic carbocycles. The molecule has 2 amide bonds. The standard InChI is InChI=1S/C18H26N2O3S/c1-2-7-16-20(18(22)15-10-6-11-23-15)14(12-24-16)17(21)19-13-8-4-3-5-9-13/h6,10-11,13-14,16H,2-5,7-9,12H2,1H3,(H,19,21). The Kier molecular flexibility index (Phi) is 5.87. The van der Waals surface area contributed by atoms with Gasteiger partial charge >= 0.3 is 0 Å². The van der Waals surface area contributed by atoms with Crippen LogP contribution in [0.3, 0.4) is 0 Å². The molecule has 24 heavy (non-hydrogen) atoms. The molecule has 6 heteroatoms. The third-order valence-electron chi connectivity index (χ3n) is 4.85. The molecule has 2 atom stereocenters. The number of carbonyl (C=O) groups excluding carboxylic acids is 2. The van der Waals surface area contributed by atoms with Crippen molar-refractivity contribution < 1.29 is 14.0 Å². The lowest BCUT2D eigenvalue weighted by atomic mass is 9.95. The normalized spacial score (nSPS) is 25.0. The van der Waals surface area contributed by atoms with Gasteiger partial charge < -0.3 is 14.6 Å². The van der Waals surface area contributed by atoms with Crippen LogP contribution in [-0.4, -0.2) is 39.9 Å². The monoisotopic (exact) mass is 350 g/mol. The van der Waals surface area contributed by atoms with Gasteiger partial charge in [-0.1, -0.05) is 32.6 Å². The topological polar surface area (TPSA) is 62.6 Å². The van der Waals surface area contributed by atoms with Gasteiger partial charge in [-0.25, -0.2) is 0 Å². The number of carbonyl (C=O) groups is 2. The molecule has 1 N–H and O–H groups in total. The number of furan rings is 1. The molecule has 0 aromatic carbocycles. The van der Waals surface area contributed by atoms with E-state index in [1.165, 1.54) is 25.5 Å². The summed E-state index contributed by atoms with van der Waals surface area (Å²) in [5, 5.41) is 3.23. The van der Waals surface area contributed by atoms with E-state index in [0.717, 1.165) is 25.7 Å². The van der Waals surface area contributed by atoms with Crippen LogP contribution in [-0.2, 0) is 4.79 Å². The van der Waals surface area contributed by atoms with Gasteiger partial charge in [0, 0.05) is 11.8 Å². The number of thioether (sulfide) groups is 1. The van der Waals surface area contributed by atoms with Crippen LogP contribution in [0.4, 0.5) is 0 Å². The van der Waals surface area contributed by atoms with Crippen LogP contribution in [0.25, 0.3) is 0 Å². The van der Waals surface area contributed by atoms with E-state index in [2.05, 4.69) is 12.2 Å². The fraction of sp³-hybridized carbons (Fsp3) is 0.667. The molecule has 0 bridgehead atoms. The maximum Gasteiger partial charge on any atom is 0.291 e.